The van der Waals surface area contributed by atoms with Crippen LogP contribution in [0, 0.1) is 11.8 Å². The molecule has 0 bridgehead atoms. The molecule has 0 aromatic heterocycles. The van der Waals surface area contributed by atoms with Crippen molar-refractivity contribution in [1.29, 1.82) is 0 Å². The number of aliphatic hydroxyl groups is 1. The molecular weight excluding hydrogens is 608 g/mol. The minimum Gasteiger partial charge on any atom is -0.497 e. The first-order valence-corrected chi connectivity index (χ1v) is 16.6. The SMILES string of the molecule is COc1ccc(C(OC[C@H]2O[C@H](C#Cc3ccc4ccc5cccc6ccc3c4c56)C[C@@H]2O)(c2ccccc2)c2ccc(OC)cc2)cc1. The first kappa shape index (κ1) is 30.9. The largest absolute Gasteiger partial charge is 0.497 e. The maximum absolute atomic E-state index is 11.3. The third-order valence-corrected chi connectivity index (χ3v) is 9.76. The van der Waals surface area contributed by atoms with Crippen molar-refractivity contribution in [2.24, 2.45) is 0 Å². The molecule has 1 aliphatic heterocycles. The predicted octanol–water partition coefficient (Wildman–Crippen LogP) is 8.48. The van der Waals surface area contributed by atoms with Crippen molar-refractivity contribution in [3.8, 4) is 23.3 Å². The molecule has 1 heterocycles. The molecule has 0 radical (unpaired) electrons. The van der Waals surface area contributed by atoms with E-state index in [0.29, 0.717) is 6.42 Å². The molecule has 0 saturated carbocycles. The van der Waals surface area contributed by atoms with Crippen molar-refractivity contribution in [2.45, 2.75) is 30.3 Å². The zero-order valence-electron chi connectivity index (χ0n) is 27.4. The van der Waals surface area contributed by atoms with E-state index in [4.69, 9.17) is 18.9 Å². The summed E-state index contributed by atoms with van der Waals surface area (Å²) in [5.74, 6) is 8.24. The molecule has 49 heavy (non-hydrogen) atoms. The van der Waals surface area contributed by atoms with Crippen molar-refractivity contribution < 1.29 is 24.1 Å². The van der Waals surface area contributed by atoms with E-state index in [2.05, 4.69) is 78.6 Å². The lowest BCUT2D eigenvalue weighted by Gasteiger charge is -2.37. The van der Waals surface area contributed by atoms with Crippen LogP contribution in [0.4, 0.5) is 0 Å². The van der Waals surface area contributed by atoms with Crippen molar-refractivity contribution in [3.63, 3.8) is 0 Å². The third kappa shape index (κ3) is 5.54. The molecule has 1 fully saturated rings. The molecule has 0 aliphatic carbocycles. The molecule has 8 rings (SSSR count). The van der Waals surface area contributed by atoms with E-state index in [9.17, 15) is 5.11 Å². The Morgan fingerprint density at radius 2 is 1.22 bits per heavy atom. The van der Waals surface area contributed by atoms with Gasteiger partial charge in [-0.05, 0) is 79.3 Å². The summed E-state index contributed by atoms with van der Waals surface area (Å²) in [5.41, 5.74) is 2.73. The summed E-state index contributed by atoms with van der Waals surface area (Å²) < 4.78 is 24.4. The second-order valence-electron chi connectivity index (χ2n) is 12.5. The van der Waals surface area contributed by atoms with Crippen LogP contribution in [-0.2, 0) is 15.1 Å². The second kappa shape index (κ2) is 12.9. The molecule has 7 aromatic rings. The Bertz CT molecular complexity index is 2220. The van der Waals surface area contributed by atoms with Crippen molar-refractivity contribution in [3.05, 3.63) is 156 Å². The molecule has 5 heteroatoms. The number of benzene rings is 7. The topological polar surface area (TPSA) is 57.2 Å². The van der Waals surface area contributed by atoms with Crippen LogP contribution in [0.5, 0.6) is 11.5 Å². The number of methoxy groups -OCH3 is 2. The summed E-state index contributed by atoms with van der Waals surface area (Å²) in [6.45, 7) is 0.144. The third-order valence-electron chi connectivity index (χ3n) is 9.76. The van der Waals surface area contributed by atoms with Crippen LogP contribution in [-0.4, -0.2) is 44.2 Å². The summed E-state index contributed by atoms with van der Waals surface area (Å²) in [4.78, 5) is 0. The molecule has 1 N–H and O–H groups in total. The Hall–Kier alpha value is -5.38. The normalized spacial score (nSPS) is 17.7. The quantitative estimate of drug-likeness (QED) is 0.102. The molecule has 7 aromatic carbocycles. The molecular formula is C44H36O5. The van der Waals surface area contributed by atoms with Gasteiger partial charge >= 0.3 is 0 Å². The Morgan fingerprint density at radius 1 is 0.653 bits per heavy atom. The zero-order valence-corrected chi connectivity index (χ0v) is 27.4. The average Bonchev–Trinajstić information content (AvgIpc) is 3.53. The number of aliphatic hydroxyl groups excluding tert-OH is 1. The summed E-state index contributed by atoms with van der Waals surface area (Å²) in [7, 11) is 3.31. The first-order chi connectivity index (χ1) is 24.1. The van der Waals surface area contributed by atoms with Crippen molar-refractivity contribution >= 4 is 32.3 Å². The molecule has 0 unspecified atom stereocenters. The van der Waals surface area contributed by atoms with Crippen LogP contribution in [0.25, 0.3) is 32.3 Å². The van der Waals surface area contributed by atoms with Gasteiger partial charge in [0, 0.05) is 12.0 Å². The summed E-state index contributed by atoms with van der Waals surface area (Å²) in [6.07, 6.45) is -1.34. The van der Waals surface area contributed by atoms with Gasteiger partial charge in [0.25, 0.3) is 0 Å². The Balaban J connectivity index is 1.11. The predicted molar refractivity (Wildman–Crippen MR) is 195 cm³/mol. The van der Waals surface area contributed by atoms with Gasteiger partial charge in [-0.2, -0.15) is 0 Å². The molecule has 5 nitrogen and oxygen atoms in total. The van der Waals surface area contributed by atoms with Gasteiger partial charge in [0.2, 0.25) is 0 Å². The highest BCUT2D eigenvalue weighted by atomic mass is 16.6. The van der Waals surface area contributed by atoms with Crippen molar-refractivity contribution in [1.82, 2.24) is 0 Å². The number of rotatable bonds is 8. The van der Waals surface area contributed by atoms with Crippen molar-refractivity contribution in [2.75, 3.05) is 20.8 Å². The lowest BCUT2D eigenvalue weighted by molar-refractivity contribution is -0.0759. The second-order valence-corrected chi connectivity index (χ2v) is 12.5. The van der Waals surface area contributed by atoms with Crippen LogP contribution in [0.1, 0.15) is 28.7 Å². The number of hydrogen-bond donors (Lipinski definition) is 1. The van der Waals surface area contributed by atoms with Gasteiger partial charge in [-0.1, -0.05) is 115 Å². The molecule has 0 amide bonds. The van der Waals surface area contributed by atoms with E-state index in [1.807, 2.05) is 66.7 Å². The standard InChI is InChI=1S/C44H36O5/c1-46-36-22-17-34(18-23-36)44(33-9-4-3-5-10-33,35-19-24-37(47-2)25-20-35)48-28-41-40(45)27-38(49-41)21-15-29-11-12-32-14-13-30-7-6-8-31-16-26-39(29)43(32)42(30)31/h3-14,16-20,22-26,38,40-41,45H,27-28H2,1-2H3/t38-,40+,41-/m1/s1. The minimum absolute atomic E-state index is 0.144. The average molecular weight is 645 g/mol. The van der Waals surface area contributed by atoms with E-state index in [1.54, 1.807) is 14.2 Å². The van der Waals surface area contributed by atoms with Gasteiger partial charge < -0.3 is 24.1 Å². The maximum Gasteiger partial charge on any atom is 0.143 e. The minimum atomic E-state index is -1.01. The summed E-state index contributed by atoms with van der Waals surface area (Å²) in [6, 6.07) is 45.3. The lowest BCUT2D eigenvalue weighted by atomic mass is 9.80. The van der Waals surface area contributed by atoms with E-state index in [0.717, 1.165) is 39.1 Å². The zero-order chi connectivity index (χ0) is 33.4. The highest BCUT2D eigenvalue weighted by molar-refractivity contribution is 6.23. The Labute approximate surface area is 286 Å². The smallest absolute Gasteiger partial charge is 0.143 e. The molecule has 1 aliphatic rings. The van der Waals surface area contributed by atoms with E-state index >= 15 is 0 Å². The first-order valence-electron chi connectivity index (χ1n) is 16.6. The monoisotopic (exact) mass is 644 g/mol. The van der Waals surface area contributed by atoms with Crippen LogP contribution in [0.3, 0.4) is 0 Å². The fourth-order valence-electron chi connectivity index (χ4n) is 7.26. The van der Waals surface area contributed by atoms with Crippen LogP contribution < -0.4 is 9.47 Å². The Kier molecular flexibility index (Phi) is 8.15. The lowest BCUT2D eigenvalue weighted by Crippen LogP contribution is -2.38. The summed E-state index contributed by atoms with van der Waals surface area (Å²) >= 11 is 0. The van der Waals surface area contributed by atoms with E-state index < -0.39 is 23.9 Å². The van der Waals surface area contributed by atoms with Gasteiger partial charge in [0.05, 0.1) is 26.9 Å². The fourth-order valence-corrected chi connectivity index (χ4v) is 7.26. The van der Waals surface area contributed by atoms with Crippen LogP contribution in [0.2, 0.25) is 0 Å². The maximum atomic E-state index is 11.3. The molecule has 242 valence electrons. The van der Waals surface area contributed by atoms with Gasteiger partial charge in [0.15, 0.2) is 0 Å². The fraction of sp³-hybridized carbons (Fsp3) is 0.182. The van der Waals surface area contributed by atoms with E-state index in [1.165, 1.54) is 26.9 Å². The van der Waals surface area contributed by atoms with Gasteiger partial charge in [0.1, 0.15) is 29.3 Å². The highest BCUT2D eigenvalue weighted by Gasteiger charge is 2.41. The molecule has 0 spiro atoms. The van der Waals surface area contributed by atoms with Crippen LogP contribution >= 0.6 is 0 Å². The van der Waals surface area contributed by atoms with Gasteiger partial charge in [-0.15, -0.1) is 0 Å². The Morgan fingerprint density at radius 3 is 1.86 bits per heavy atom. The molecule has 1 saturated heterocycles. The number of ether oxygens (including phenoxy) is 4. The van der Waals surface area contributed by atoms with Gasteiger partial charge in [-0.25, -0.2) is 0 Å². The van der Waals surface area contributed by atoms with Gasteiger partial charge in [-0.3, -0.25) is 0 Å². The van der Waals surface area contributed by atoms with E-state index in [-0.39, 0.29) is 6.61 Å². The van der Waals surface area contributed by atoms with Crippen LogP contribution in [0.15, 0.2) is 133 Å². The summed E-state index contributed by atoms with van der Waals surface area (Å²) in [5, 5.41) is 18.5. The number of hydrogen-bond acceptors (Lipinski definition) is 5. The molecule has 3 atom stereocenters. The highest BCUT2D eigenvalue weighted by Crippen LogP contribution is 2.42.